The van der Waals surface area contributed by atoms with Crippen molar-refractivity contribution in [1.82, 2.24) is 0 Å². The van der Waals surface area contributed by atoms with Crippen LogP contribution >= 0.6 is 22.2 Å². The van der Waals surface area contributed by atoms with Crippen LogP contribution in [0.4, 0.5) is 0 Å². The number of hydrogen-bond acceptors (Lipinski definition) is 1. The third-order valence-electron chi connectivity index (χ3n) is 1.68. The Hall–Kier alpha value is 0.570. The molecule has 1 aliphatic heterocycles. The molecule has 1 rings (SSSR count). The van der Waals surface area contributed by atoms with Crippen LogP contribution in [0, 0.1) is 0 Å². The molecule has 1 aliphatic rings. The molecule has 1 atom stereocenters. The molecule has 0 bridgehead atoms. The van der Waals surface area contributed by atoms with Gasteiger partial charge >= 0.3 is 0 Å². The molecule has 0 aromatic carbocycles. The van der Waals surface area contributed by atoms with E-state index in [9.17, 15) is 0 Å². The molecule has 0 N–H and O–H groups in total. The van der Waals surface area contributed by atoms with Gasteiger partial charge in [0.1, 0.15) is 0 Å². The molecule has 0 amide bonds. The summed E-state index contributed by atoms with van der Waals surface area (Å²) in [7, 11) is 0.412. The van der Waals surface area contributed by atoms with Crippen LogP contribution in [-0.4, -0.2) is 21.5 Å². The molecule has 1 saturated heterocycles. The minimum Gasteiger partial charge on any atom is -0.177 e. The lowest BCUT2D eigenvalue weighted by Crippen LogP contribution is -2.18. The minimum absolute atomic E-state index is 0.412. The van der Waals surface area contributed by atoms with E-state index >= 15 is 0 Å². The summed E-state index contributed by atoms with van der Waals surface area (Å²) in [6.45, 7) is 4.62. The van der Waals surface area contributed by atoms with Crippen LogP contribution < -0.4 is 0 Å². The van der Waals surface area contributed by atoms with E-state index < -0.39 is 0 Å². The number of hydrogen-bond donors (Lipinski definition) is 0. The van der Waals surface area contributed by atoms with Gasteiger partial charge in [-0.15, -0.1) is 11.8 Å². The quantitative estimate of drug-likeness (QED) is 0.493. The average molecular weight is 162 g/mol. The van der Waals surface area contributed by atoms with Gasteiger partial charge in [-0.3, -0.25) is 0 Å². The van der Waals surface area contributed by atoms with Gasteiger partial charge in [-0.2, -0.15) is 10.5 Å². The minimum atomic E-state index is 0.412. The molecule has 0 aromatic heterocycles. The van der Waals surface area contributed by atoms with E-state index in [1.807, 2.05) is 0 Å². The molecule has 2 heteroatoms. The topological polar surface area (TPSA) is 0 Å². The van der Waals surface area contributed by atoms with Crippen LogP contribution in [0.25, 0.3) is 0 Å². The molecule has 1 heterocycles. The van der Waals surface area contributed by atoms with E-state index in [0.29, 0.717) is 14.6 Å². The van der Waals surface area contributed by atoms with E-state index in [2.05, 4.69) is 31.5 Å². The number of thioether (sulfide) groups is 1. The second kappa shape index (κ2) is 2.67. The zero-order valence-electron chi connectivity index (χ0n) is 6.14. The van der Waals surface area contributed by atoms with Crippen LogP contribution in [0.2, 0.25) is 0 Å². The van der Waals surface area contributed by atoms with Crippen LogP contribution in [0.1, 0.15) is 20.3 Å². The lowest BCUT2D eigenvalue weighted by Gasteiger charge is -2.32. The van der Waals surface area contributed by atoms with E-state index in [1.165, 1.54) is 17.9 Å². The van der Waals surface area contributed by atoms with E-state index in [0.717, 1.165) is 0 Å². The molecule has 0 aliphatic carbocycles. The Labute approximate surface area is 64.3 Å². The van der Waals surface area contributed by atoms with Gasteiger partial charge in [0, 0.05) is 0 Å². The Balaban J connectivity index is 2.60. The maximum absolute atomic E-state index is 4.16. The predicted molar refractivity (Wildman–Crippen MR) is 50.7 cm³/mol. The first-order valence-electron chi connectivity index (χ1n) is 3.27. The Morgan fingerprint density at radius 1 is 1.56 bits per heavy atom. The molecular formula is C7H14S2. The molecule has 0 radical (unpaired) electrons. The second-order valence-electron chi connectivity index (χ2n) is 2.80. The first-order valence-corrected chi connectivity index (χ1v) is 5.82. The summed E-state index contributed by atoms with van der Waals surface area (Å²) in [5.41, 5.74) is 0. The summed E-state index contributed by atoms with van der Waals surface area (Å²) < 4.78 is 0.470. The summed E-state index contributed by atoms with van der Waals surface area (Å²) >= 11 is 2.08. The van der Waals surface area contributed by atoms with Gasteiger partial charge in [0.15, 0.2) is 0 Å². The van der Waals surface area contributed by atoms with Crippen LogP contribution in [0.15, 0.2) is 0 Å². The van der Waals surface area contributed by atoms with Gasteiger partial charge in [-0.05, 0) is 31.8 Å². The molecule has 0 spiro atoms. The maximum atomic E-state index is 4.16. The lowest BCUT2D eigenvalue weighted by molar-refractivity contribution is 0.974. The van der Waals surface area contributed by atoms with Gasteiger partial charge in [0.2, 0.25) is 0 Å². The smallest absolute Gasteiger partial charge is 0.0501 e. The van der Waals surface area contributed by atoms with Gasteiger partial charge in [-0.1, -0.05) is 5.87 Å². The first kappa shape index (κ1) is 7.67. The third-order valence-corrected chi connectivity index (χ3v) is 6.10. The highest BCUT2D eigenvalue weighted by atomic mass is 32.2. The standard InChI is InChI=1S/C7H14S2/c1-7(2)8-5-4-6-9(7)3/h3-6H2,1-2H3. The van der Waals surface area contributed by atoms with Crippen molar-refractivity contribution in [2.75, 3.05) is 11.5 Å². The molecule has 1 fully saturated rings. The van der Waals surface area contributed by atoms with Crippen LogP contribution in [0.5, 0.6) is 0 Å². The number of rotatable bonds is 0. The molecule has 0 saturated carbocycles. The highest BCUT2D eigenvalue weighted by molar-refractivity contribution is 8.26. The fourth-order valence-corrected chi connectivity index (χ4v) is 3.99. The molecule has 1 unspecified atom stereocenters. The van der Waals surface area contributed by atoms with E-state index in [1.54, 1.807) is 0 Å². The van der Waals surface area contributed by atoms with Gasteiger partial charge in [0.05, 0.1) is 4.08 Å². The summed E-state index contributed by atoms with van der Waals surface area (Å²) in [5, 5.41) is 0. The average Bonchev–Trinajstić information content (AvgIpc) is 1.77. The van der Waals surface area contributed by atoms with Crippen molar-refractivity contribution in [3.05, 3.63) is 0 Å². The van der Waals surface area contributed by atoms with Crippen molar-refractivity contribution in [2.24, 2.45) is 0 Å². The zero-order valence-corrected chi connectivity index (χ0v) is 7.78. The summed E-state index contributed by atoms with van der Waals surface area (Å²) in [4.78, 5) is 0. The Kier molecular flexibility index (Phi) is 2.27. The van der Waals surface area contributed by atoms with Crippen LogP contribution in [-0.2, 0) is 0 Å². The zero-order chi connectivity index (χ0) is 6.91. The van der Waals surface area contributed by atoms with Crippen molar-refractivity contribution in [3.8, 4) is 0 Å². The van der Waals surface area contributed by atoms with Gasteiger partial charge in [0.25, 0.3) is 0 Å². The fourth-order valence-electron chi connectivity index (χ4n) is 0.880. The maximum Gasteiger partial charge on any atom is 0.0501 e. The van der Waals surface area contributed by atoms with E-state index in [-0.39, 0.29) is 0 Å². The highest BCUT2D eigenvalue weighted by Crippen LogP contribution is 2.44. The Morgan fingerprint density at radius 2 is 2.22 bits per heavy atom. The summed E-state index contributed by atoms with van der Waals surface area (Å²) in [6, 6.07) is 0. The first-order chi connectivity index (χ1) is 4.13. The molecule has 54 valence electrons. The Bertz CT molecular complexity index is 127. The molecular weight excluding hydrogens is 148 g/mol. The Morgan fingerprint density at radius 3 is 2.56 bits per heavy atom. The van der Waals surface area contributed by atoms with Crippen molar-refractivity contribution >= 4 is 28.1 Å². The van der Waals surface area contributed by atoms with Crippen molar-refractivity contribution in [1.29, 1.82) is 0 Å². The van der Waals surface area contributed by atoms with Gasteiger partial charge < -0.3 is 0 Å². The lowest BCUT2D eigenvalue weighted by atomic mass is 10.5. The van der Waals surface area contributed by atoms with Crippen molar-refractivity contribution in [3.63, 3.8) is 0 Å². The molecule has 0 nitrogen and oxygen atoms in total. The predicted octanol–water partition coefficient (Wildman–Crippen LogP) is 2.56. The molecule has 9 heavy (non-hydrogen) atoms. The largest absolute Gasteiger partial charge is 0.177 e. The summed E-state index contributed by atoms with van der Waals surface area (Å²) in [5.74, 6) is 6.84. The SMILES string of the molecule is C=S1CCCSC1(C)C. The monoisotopic (exact) mass is 162 g/mol. The van der Waals surface area contributed by atoms with Crippen LogP contribution in [0.3, 0.4) is 0 Å². The second-order valence-corrected chi connectivity index (χ2v) is 7.19. The van der Waals surface area contributed by atoms with E-state index in [4.69, 9.17) is 0 Å². The summed E-state index contributed by atoms with van der Waals surface area (Å²) in [6.07, 6.45) is 1.38. The molecule has 0 aromatic rings. The van der Waals surface area contributed by atoms with Crippen molar-refractivity contribution in [2.45, 2.75) is 24.3 Å². The van der Waals surface area contributed by atoms with Gasteiger partial charge in [-0.25, -0.2) is 0 Å². The fraction of sp³-hybridized carbons (Fsp3) is 0.857. The normalized spacial score (nSPS) is 34.2. The third kappa shape index (κ3) is 1.74. The highest BCUT2D eigenvalue weighted by Gasteiger charge is 2.23. The van der Waals surface area contributed by atoms with Crippen molar-refractivity contribution < 1.29 is 0 Å².